The quantitative estimate of drug-likeness (QED) is 0.139. The number of nitro benzene ring substituents is 2. The van der Waals surface area contributed by atoms with Crippen molar-refractivity contribution < 1.29 is 19.3 Å². The highest BCUT2D eigenvalue weighted by molar-refractivity contribution is 9.10. The van der Waals surface area contributed by atoms with Crippen LogP contribution in [0.2, 0.25) is 0 Å². The number of hydrogen-bond acceptors (Lipinski definition) is 7. The predicted molar refractivity (Wildman–Crippen MR) is 129 cm³/mol. The number of non-ortho nitro benzene ring substituents is 2. The molecule has 0 amide bonds. The Morgan fingerprint density at radius 1 is 1.03 bits per heavy atom. The lowest BCUT2D eigenvalue weighted by atomic mass is 10.0. The Bertz CT molecular complexity index is 1320. The number of hydrogen-bond donors (Lipinski definition) is 0. The van der Waals surface area contributed by atoms with Gasteiger partial charge in [-0.05, 0) is 57.8 Å². The Hall–Kier alpha value is -4.23. The summed E-state index contributed by atoms with van der Waals surface area (Å²) in [5.41, 5.74) is 1.74. The van der Waals surface area contributed by atoms with Crippen LogP contribution in [0.4, 0.5) is 11.4 Å². The van der Waals surface area contributed by atoms with Gasteiger partial charge in [0.1, 0.15) is 6.61 Å². The number of nitriles is 1. The molecule has 0 fully saturated rings. The summed E-state index contributed by atoms with van der Waals surface area (Å²) in [5.74, 6) is 0.809. The first-order valence-corrected chi connectivity index (χ1v) is 10.8. The summed E-state index contributed by atoms with van der Waals surface area (Å²) in [5, 5.41) is 31.7. The fourth-order valence-corrected chi connectivity index (χ4v) is 3.70. The molecule has 3 rings (SSSR count). The zero-order valence-electron chi connectivity index (χ0n) is 17.9. The Morgan fingerprint density at radius 3 is 2.35 bits per heavy atom. The minimum Gasteiger partial charge on any atom is -0.490 e. The highest BCUT2D eigenvalue weighted by Crippen LogP contribution is 2.38. The minimum atomic E-state index is -0.518. The van der Waals surface area contributed by atoms with Gasteiger partial charge in [0.2, 0.25) is 0 Å². The normalized spacial score (nSPS) is 10.9. The zero-order chi connectivity index (χ0) is 24.7. The van der Waals surface area contributed by atoms with Crippen molar-refractivity contribution in [3.8, 4) is 17.6 Å². The molecule has 0 saturated carbocycles. The summed E-state index contributed by atoms with van der Waals surface area (Å²) < 4.78 is 12.2. The molecule has 10 heteroatoms. The molecule has 0 unspecified atom stereocenters. The molecule has 0 bridgehead atoms. The van der Waals surface area contributed by atoms with Gasteiger partial charge in [0.05, 0.1) is 32.6 Å². The van der Waals surface area contributed by atoms with E-state index in [0.29, 0.717) is 39.3 Å². The molecule has 34 heavy (non-hydrogen) atoms. The molecule has 3 aromatic rings. The Labute approximate surface area is 203 Å². The molecule has 0 aliphatic carbocycles. The third-order valence-corrected chi connectivity index (χ3v) is 5.22. The van der Waals surface area contributed by atoms with E-state index in [2.05, 4.69) is 22.0 Å². The summed E-state index contributed by atoms with van der Waals surface area (Å²) in [6, 6.07) is 17.5. The van der Waals surface area contributed by atoms with Crippen LogP contribution in [0.25, 0.3) is 11.6 Å². The summed E-state index contributed by atoms with van der Waals surface area (Å²) in [4.78, 5) is 21.1. The van der Waals surface area contributed by atoms with Gasteiger partial charge in [0.25, 0.3) is 11.4 Å². The first-order valence-electron chi connectivity index (χ1n) is 10.0. The Morgan fingerprint density at radius 2 is 1.71 bits per heavy atom. The van der Waals surface area contributed by atoms with E-state index in [9.17, 15) is 25.5 Å². The zero-order valence-corrected chi connectivity index (χ0v) is 19.5. The van der Waals surface area contributed by atoms with E-state index in [4.69, 9.17) is 9.47 Å². The van der Waals surface area contributed by atoms with Crippen LogP contribution < -0.4 is 9.47 Å². The van der Waals surface area contributed by atoms with E-state index in [1.807, 2.05) is 6.92 Å². The van der Waals surface area contributed by atoms with Crippen LogP contribution in [0.1, 0.15) is 23.6 Å². The average molecular weight is 524 g/mol. The van der Waals surface area contributed by atoms with Gasteiger partial charge < -0.3 is 9.47 Å². The van der Waals surface area contributed by atoms with E-state index < -0.39 is 9.85 Å². The van der Waals surface area contributed by atoms with E-state index in [1.165, 1.54) is 30.3 Å². The second kappa shape index (κ2) is 11.1. The summed E-state index contributed by atoms with van der Waals surface area (Å²) in [6.07, 6.45) is 1.59. The maximum Gasteiger partial charge on any atom is 0.270 e. The number of halogens is 1. The van der Waals surface area contributed by atoms with Gasteiger partial charge in [-0.2, -0.15) is 5.26 Å². The number of ether oxygens (including phenoxy) is 2. The molecule has 0 atom stereocenters. The van der Waals surface area contributed by atoms with Gasteiger partial charge in [0.15, 0.2) is 11.5 Å². The molecule has 0 spiro atoms. The second-order valence-corrected chi connectivity index (χ2v) is 7.81. The monoisotopic (exact) mass is 523 g/mol. The van der Waals surface area contributed by atoms with Crippen molar-refractivity contribution in [2.24, 2.45) is 0 Å². The van der Waals surface area contributed by atoms with Crippen LogP contribution >= 0.6 is 15.9 Å². The molecule has 0 heterocycles. The topological polar surface area (TPSA) is 129 Å². The van der Waals surface area contributed by atoms with Crippen LogP contribution in [0.3, 0.4) is 0 Å². The van der Waals surface area contributed by atoms with Crippen molar-refractivity contribution in [1.82, 2.24) is 0 Å². The maximum absolute atomic E-state index is 11.1. The van der Waals surface area contributed by atoms with Crippen LogP contribution in [0.15, 0.2) is 65.1 Å². The van der Waals surface area contributed by atoms with Gasteiger partial charge in [-0.1, -0.05) is 24.3 Å². The smallest absolute Gasteiger partial charge is 0.270 e. The number of benzene rings is 3. The fourth-order valence-electron chi connectivity index (χ4n) is 3.12. The molecule has 172 valence electrons. The van der Waals surface area contributed by atoms with Crippen molar-refractivity contribution in [3.63, 3.8) is 0 Å². The first-order chi connectivity index (χ1) is 16.3. The molecular weight excluding hydrogens is 506 g/mol. The first kappa shape index (κ1) is 24.4. The number of allylic oxidation sites excluding steroid dienone is 1. The highest BCUT2D eigenvalue weighted by atomic mass is 79.9. The molecule has 0 saturated heterocycles. The van der Waals surface area contributed by atoms with Crippen molar-refractivity contribution in [3.05, 3.63) is 102 Å². The van der Waals surface area contributed by atoms with E-state index in [0.717, 1.165) is 0 Å². The third kappa shape index (κ3) is 5.96. The second-order valence-electron chi connectivity index (χ2n) is 6.96. The molecule has 3 aromatic carbocycles. The van der Waals surface area contributed by atoms with Crippen LogP contribution in [0, 0.1) is 31.6 Å². The lowest BCUT2D eigenvalue weighted by molar-refractivity contribution is -0.385. The average Bonchev–Trinajstić information content (AvgIpc) is 2.82. The molecule has 0 aliphatic rings. The predicted octanol–water partition coefficient (Wildman–Crippen LogP) is 6.31. The van der Waals surface area contributed by atoms with Gasteiger partial charge in [0, 0.05) is 24.3 Å². The Balaban J connectivity index is 1.93. The SMILES string of the molecule is CCOc1cc(/C=C(/C#N)c2cccc([N+](=O)[O-])c2)cc(Br)c1OCc1cccc([N+](=O)[O-])c1. The van der Waals surface area contributed by atoms with Gasteiger partial charge >= 0.3 is 0 Å². The van der Waals surface area contributed by atoms with Crippen molar-refractivity contribution in [1.29, 1.82) is 5.26 Å². The van der Waals surface area contributed by atoms with Gasteiger partial charge in [-0.15, -0.1) is 0 Å². The third-order valence-electron chi connectivity index (χ3n) is 4.64. The van der Waals surface area contributed by atoms with E-state index in [-0.39, 0.29) is 23.6 Å². The van der Waals surface area contributed by atoms with Crippen molar-refractivity contribution in [2.75, 3.05) is 6.61 Å². The summed E-state index contributed by atoms with van der Waals surface area (Å²) in [6.45, 7) is 2.24. The standard InChI is InChI=1S/C24H18BrN3O6/c1-2-33-23-12-17(9-19(14-26)18-6-4-8-21(13-18)28(31)32)11-22(25)24(23)34-15-16-5-3-7-20(10-16)27(29)30/h3-13H,2,15H2,1H3/b19-9-. The molecular formula is C24H18BrN3O6. The largest absolute Gasteiger partial charge is 0.490 e. The molecule has 0 aliphatic heterocycles. The van der Waals surface area contributed by atoms with E-state index >= 15 is 0 Å². The van der Waals surface area contributed by atoms with Crippen LogP contribution in [-0.2, 0) is 6.61 Å². The van der Waals surface area contributed by atoms with Gasteiger partial charge in [-0.3, -0.25) is 20.2 Å². The summed E-state index contributed by atoms with van der Waals surface area (Å²) >= 11 is 3.46. The lowest BCUT2D eigenvalue weighted by Gasteiger charge is -2.15. The number of nitro groups is 2. The number of rotatable bonds is 9. The molecule has 0 radical (unpaired) electrons. The Kier molecular flexibility index (Phi) is 7.95. The molecule has 9 nitrogen and oxygen atoms in total. The lowest BCUT2D eigenvalue weighted by Crippen LogP contribution is -2.01. The minimum absolute atomic E-state index is 0.0316. The van der Waals surface area contributed by atoms with E-state index in [1.54, 1.807) is 36.4 Å². The maximum atomic E-state index is 11.1. The van der Waals surface area contributed by atoms with Gasteiger partial charge in [-0.25, -0.2) is 0 Å². The van der Waals surface area contributed by atoms with Crippen LogP contribution in [-0.4, -0.2) is 16.5 Å². The molecule has 0 N–H and O–H groups in total. The fraction of sp³-hybridized carbons (Fsp3) is 0.125. The number of nitrogens with zero attached hydrogens (tertiary/aromatic N) is 3. The van der Waals surface area contributed by atoms with Crippen molar-refractivity contribution >= 4 is 39.0 Å². The van der Waals surface area contributed by atoms with Crippen LogP contribution in [0.5, 0.6) is 11.5 Å². The van der Waals surface area contributed by atoms with Crippen molar-refractivity contribution in [2.45, 2.75) is 13.5 Å². The molecule has 0 aromatic heterocycles. The summed E-state index contributed by atoms with van der Waals surface area (Å²) in [7, 11) is 0. The highest BCUT2D eigenvalue weighted by Gasteiger charge is 2.15.